The molecule has 128 valence electrons. The lowest BCUT2D eigenvalue weighted by Gasteiger charge is -2.13. The monoisotopic (exact) mass is 344 g/mol. The average molecular weight is 344 g/mol. The Hall–Kier alpha value is -3.54. The average Bonchev–Trinajstić information content (AvgIpc) is 2.70. The Balaban J connectivity index is 2.10. The number of nitrogens with zero attached hydrogens (tertiary/aromatic N) is 4. The Bertz CT molecular complexity index is 1150. The minimum Gasteiger partial charge on any atom is -0.496 e. The molecule has 26 heavy (non-hydrogen) atoms. The molecule has 0 N–H and O–H groups in total. The summed E-state index contributed by atoms with van der Waals surface area (Å²) in [5, 5.41) is 5.94. The molecule has 0 amide bonds. The van der Waals surface area contributed by atoms with E-state index in [1.54, 1.807) is 31.6 Å². The number of aromatic nitrogens is 4. The predicted octanol–water partition coefficient (Wildman–Crippen LogP) is 3.16. The highest BCUT2D eigenvalue weighted by atomic mass is 16.5. The normalized spacial score (nSPS) is 10.8. The predicted molar refractivity (Wildman–Crippen MR) is 99.7 cm³/mol. The lowest BCUT2D eigenvalue weighted by Crippen LogP contribution is -2.24. The van der Waals surface area contributed by atoms with Crippen molar-refractivity contribution in [2.75, 3.05) is 7.11 Å². The summed E-state index contributed by atoms with van der Waals surface area (Å²) < 4.78 is 6.68. The first kappa shape index (κ1) is 16.0. The van der Waals surface area contributed by atoms with Crippen LogP contribution in [0.1, 0.15) is 5.56 Å². The molecule has 0 aliphatic rings. The maximum atomic E-state index is 12.9. The van der Waals surface area contributed by atoms with Gasteiger partial charge in [-0.15, -0.1) is 0 Å². The summed E-state index contributed by atoms with van der Waals surface area (Å²) >= 11 is 0. The molecule has 4 aromatic rings. The van der Waals surface area contributed by atoms with Crippen molar-refractivity contribution in [2.24, 2.45) is 0 Å². The van der Waals surface area contributed by atoms with E-state index in [1.807, 2.05) is 43.3 Å². The molecule has 6 heteroatoms. The highest BCUT2D eigenvalue weighted by Gasteiger charge is 2.16. The lowest BCUT2D eigenvalue weighted by molar-refractivity contribution is 0.412. The van der Waals surface area contributed by atoms with Crippen molar-refractivity contribution in [1.29, 1.82) is 0 Å². The Labute approximate surface area is 149 Å². The van der Waals surface area contributed by atoms with E-state index in [0.717, 1.165) is 22.3 Å². The number of benzene rings is 2. The van der Waals surface area contributed by atoms with E-state index in [0.29, 0.717) is 11.1 Å². The SMILES string of the molecule is COc1cccc(-c2nn(-c3ncccn3)c(=O)c3ccccc23)c1C. The van der Waals surface area contributed by atoms with Crippen molar-refractivity contribution in [3.8, 4) is 23.0 Å². The van der Waals surface area contributed by atoms with Crippen molar-refractivity contribution >= 4 is 10.8 Å². The van der Waals surface area contributed by atoms with Crippen LogP contribution in [0.4, 0.5) is 0 Å². The highest BCUT2D eigenvalue weighted by molar-refractivity contribution is 5.94. The van der Waals surface area contributed by atoms with Crippen LogP contribution in [0.25, 0.3) is 28.0 Å². The second-order valence-corrected chi connectivity index (χ2v) is 5.79. The molecular weight excluding hydrogens is 328 g/mol. The standard InChI is InChI=1S/C20H16N4O2/c1-13-14(9-5-10-17(13)26-2)18-15-7-3-4-8-16(15)19(25)24(23-18)20-21-11-6-12-22-20/h3-12H,1-2H3. The zero-order valence-electron chi connectivity index (χ0n) is 14.4. The first-order valence-corrected chi connectivity index (χ1v) is 8.14. The van der Waals surface area contributed by atoms with Crippen molar-refractivity contribution in [1.82, 2.24) is 19.7 Å². The van der Waals surface area contributed by atoms with Crippen molar-refractivity contribution in [3.05, 3.63) is 76.8 Å². The van der Waals surface area contributed by atoms with Gasteiger partial charge >= 0.3 is 0 Å². The van der Waals surface area contributed by atoms with E-state index < -0.39 is 0 Å². The van der Waals surface area contributed by atoms with Crippen LogP contribution in [0.3, 0.4) is 0 Å². The van der Waals surface area contributed by atoms with Gasteiger partial charge in [-0.1, -0.05) is 30.3 Å². The summed E-state index contributed by atoms with van der Waals surface area (Å²) in [5.74, 6) is 1.01. The molecule has 0 bridgehead atoms. The van der Waals surface area contributed by atoms with Gasteiger partial charge in [0.25, 0.3) is 11.5 Å². The molecule has 2 heterocycles. The zero-order valence-corrected chi connectivity index (χ0v) is 14.4. The summed E-state index contributed by atoms with van der Waals surface area (Å²) in [6.45, 7) is 1.97. The molecule has 0 aliphatic carbocycles. The summed E-state index contributed by atoms with van der Waals surface area (Å²) in [6, 6.07) is 14.9. The van der Waals surface area contributed by atoms with Crippen LogP contribution in [0.2, 0.25) is 0 Å². The molecule has 0 saturated carbocycles. The Morgan fingerprint density at radius 2 is 1.65 bits per heavy atom. The van der Waals surface area contributed by atoms with Crippen LogP contribution in [0.5, 0.6) is 5.75 Å². The molecular formula is C20H16N4O2. The lowest BCUT2D eigenvalue weighted by atomic mass is 10.0. The van der Waals surface area contributed by atoms with Crippen molar-refractivity contribution in [2.45, 2.75) is 6.92 Å². The minimum atomic E-state index is -0.254. The van der Waals surface area contributed by atoms with Gasteiger partial charge < -0.3 is 4.74 Å². The molecule has 0 radical (unpaired) electrons. The number of hydrogen-bond donors (Lipinski definition) is 0. The molecule has 6 nitrogen and oxygen atoms in total. The second kappa shape index (κ2) is 6.40. The Kier molecular flexibility index (Phi) is 3.93. The van der Waals surface area contributed by atoms with Crippen LogP contribution in [0, 0.1) is 6.92 Å². The van der Waals surface area contributed by atoms with E-state index in [9.17, 15) is 4.79 Å². The molecule has 2 aromatic carbocycles. The van der Waals surface area contributed by atoms with Crippen LogP contribution in [0.15, 0.2) is 65.7 Å². The van der Waals surface area contributed by atoms with Crippen LogP contribution >= 0.6 is 0 Å². The summed E-state index contributed by atoms with van der Waals surface area (Å²) in [4.78, 5) is 21.3. The molecule has 2 aromatic heterocycles. The van der Waals surface area contributed by atoms with Gasteiger partial charge in [-0.3, -0.25) is 4.79 Å². The second-order valence-electron chi connectivity index (χ2n) is 5.79. The van der Waals surface area contributed by atoms with Gasteiger partial charge in [0, 0.05) is 28.9 Å². The molecule has 0 saturated heterocycles. The quantitative estimate of drug-likeness (QED) is 0.571. The van der Waals surface area contributed by atoms with Gasteiger partial charge in [-0.2, -0.15) is 9.78 Å². The summed E-state index contributed by atoms with van der Waals surface area (Å²) in [7, 11) is 1.64. The number of hydrogen-bond acceptors (Lipinski definition) is 5. The molecule has 0 unspecified atom stereocenters. The number of ether oxygens (including phenoxy) is 1. The molecule has 0 fully saturated rings. The molecule has 0 aliphatic heterocycles. The Morgan fingerprint density at radius 1 is 0.923 bits per heavy atom. The van der Waals surface area contributed by atoms with Gasteiger partial charge in [0.05, 0.1) is 18.2 Å². The molecule has 0 atom stereocenters. The van der Waals surface area contributed by atoms with E-state index >= 15 is 0 Å². The fourth-order valence-electron chi connectivity index (χ4n) is 3.02. The number of fused-ring (bicyclic) bond motifs is 1. The van der Waals surface area contributed by atoms with E-state index in [2.05, 4.69) is 15.1 Å². The van der Waals surface area contributed by atoms with Crippen LogP contribution < -0.4 is 10.3 Å². The topological polar surface area (TPSA) is 69.9 Å². The largest absolute Gasteiger partial charge is 0.496 e. The molecule has 0 spiro atoms. The van der Waals surface area contributed by atoms with Gasteiger partial charge in [0.2, 0.25) is 0 Å². The van der Waals surface area contributed by atoms with E-state index in [1.165, 1.54) is 4.68 Å². The van der Waals surface area contributed by atoms with Gasteiger partial charge in [0.15, 0.2) is 0 Å². The summed E-state index contributed by atoms with van der Waals surface area (Å²) in [6.07, 6.45) is 3.17. The van der Waals surface area contributed by atoms with E-state index in [4.69, 9.17) is 4.74 Å². The van der Waals surface area contributed by atoms with E-state index in [-0.39, 0.29) is 11.5 Å². The van der Waals surface area contributed by atoms with Gasteiger partial charge in [-0.05, 0) is 25.1 Å². The highest BCUT2D eigenvalue weighted by Crippen LogP contribution is 2.32. The smallest absolute Gasteiger partial charge is 0.282 e. The zero-order chi connectivity index (χ0) is 18.1. The van der Waals surface area contributed by atoms with Crippen LogP contribution in [-0.2, 0) is 0 Å². The maximum Gasteiger partial charge on any atom is 0.282 e. The van der Waals surface area contributed by atoms with Crippen molar-refractivity contribution in [3.63, 3.8) is 0 Å². The fourth-order valence-corrected chi connectivity index (χ4v) is 3.02. The number of rotatable bonds is 3. The third-order valence-corrected chi connectivity index (χ3v) is 4.31. The third-order valence-electron chi connectivity index (χ3n) is 4.31. The summed E-state index contributed by atoms with van der Waals surface area (Å²) in [5.41, 5.74) is 2.28. The third kappa shape index (κ3) is 2.52. The first-order valence-electron chi connectivity index (χ1n) is 8.14. The van der Waals surface area contributed by atoms with Crippen LogP contribution in [-0.4, -0.2) is 26.9 Å². The molecule has 4 rings (SSSR count). The minimum absolute atomic E-state index is 0.241. The maximum absolute atomic E-state index is 12.9. The first-order chi connectivity index (χ1) is 12.7. The van der Waals surface area contributed by atoms with Gasteiger partial charge in [-0.25, -0.2) is 9.97 Å². The van der Waals surface area contributed by atoms with Gasteiger partial charge in [0.1, 0.15) is 5.75 Å². The Morgan fingerprint density at radius 3 is 2.38 bits per heavy atom. The van der Waals surface area contributed by atoms with Crippen molar-refractivity contribution < 1.29 is 4.74 Å². The number of methoxy groups -OCH3 is 1. The fraction of sp³-hybridized carbons (Fsp3) is 0.100.